The fourth-order valence-electron chi connectivity index (χ4n) is 2.76. The number of benzene rings is 2. The van der Waals surface area contributed by atoms with Crippen molar-refractivity contribution in [2.45, 2.75) is 0 Å². The smallest absolute Gasteiger partial charge is 0.276 e. The second kappa shape index (κ2) is 5.25. The lowest BCUT2D eigenvalue weighted by Gasteiger charge is -2.08. The molecule has 0 radical (unpaired) electrons. The van der Waals surface area contributed by atoms with Crippen molar-refractivity contribution in [2.75, 3.05) is 0 Å². The first kappa shape index (κ1) is 13.5. The summed E-state index contributed by atoms with van der Waals surface area (Å²) in [6.07, 6.45) is 1.90. The van der Waals surface area contributed by atoms with Gasteiger partial charge in [-0.05, 0) is 11.6 Å². The molecule has 0 aliphatic rings. The summed E-state index contributed by atoms with van der Waals surface area (Å²) >= 11 is 0. The van der Waals surface area contributed by atoms with Gasteiger partial charge in [0.1, 0.15) is 5.52 Å². The van der Waals surface area contributed by atoms with Crippen molar-refractivity contribution in [3.8, 4) is 22.5 Å². The van der Waals surface area contributed by atoms with Crippen LogP contribution in [-0.4, -0.2) is 14.2 Å². The Bertz CT molecular complexity index is 1030. The maximum atomic E-state index is 12.7. The molecule has 0 fully saturated rings. The van der Waals surface area contributed by atoms with E-state index in [0.717, 1.165) is 22.5 Å². The van der Waals surface area contributed by atoms with E-state index >= 15 is 0 Å². The topological polar surface area (TPSA) is 39.3 Å². The van der Waals surface area contributed by atoms with Crippen LogP contribution < -0.4 is 5.56 Å². The summed E-state index contributed by atoms with van der Waals surface area (Å²) in [6, 6.07) is 21.6. The van der Waals surface area contributed by atoms with Crippen LogP contribution in [0.25, 0.3) is 28.0 Å². The van der Waals surface area contributed by atoms with E-state index in [2.05, 4.69) is 5.10 Å². The SMILES string of the molecule is Cn1c(-c2ccccc2)cn2nc(-c3ccccc3)cc2c1=O. The molecule has 0 unspecified atom stereocenters. The Kier molecular flexibility index (Phi) is 3.08. The van der Waals surface area contributed by atoms with Crippen LogP contribution in [0.15, 0.2) is 77.7 Å². The number of aromatic nitrogens is 3. The molecule has 0 aliphatic heterocycles. The summed E-state index contributed by atoms with van der Waals surface area (Å²) in [7, 11) is 1.79. The third-order valence-corrected chi connectivity index (χ3v) is 4.00. The molecular weight excluding hydrogens is 286 g/mol. The van der Waals surface area contributed by atoms with E-state index in [1.165, 1.54) is 0 Å². The number of nitrogens with zero attached hydrogens (tertiary/aromatic N) is 3. The summed E-state index contributed by atoms with van der Waals surface area (Å²) in [4.78, 5) is 12.7. The first-order chi connectivity index (χ1) is 11.2. The molecule has 2 aromatic carbocycles. The Balaban J connectivity index is 1.96. The number of hydrogen-bond acceptors (Lipinski definition) is 2. The third kappa shape index (κ3) is 2.25. The zero-order valence-corrected chi connectivity index (χ0v) is 12.7. The Morgan fingerprint density at radius 3 is 2.13 bits per heavy atom. The zero-order chi connectivity index (χ0) is 15.8. The minimum Gasteiger partial charge on any atom is -0.308 e. The first-order valence-electron chi connectivity index (χ1n) is 7.44. The van der Waals surface area contributed by atoms with Crippen LogP contribution >= 0.6 is 0 Å². The van der Waals surface area contributed by atoms with Crippen LogP contribution in [0.1, 0.15) is 0 Å². The van der Waals surface area contributed by atoms with Gasteiger partial charge < -0.3 is 4.57 Å². The molecule has 4 nitrogen and oxygen atoms in total. The molecule has 0 aliphatic carbocycles. The van der Waals surface area contributed by atoms with Gasteiger partial charge in [0, 0.05) is 12.6 Å². The normalized spacial score (nSPS) is 11.0. The van der Waals surface area contributed by atoms with E-state index in [4.69, 9.17) is 0 Å². The highest BCUT2D eigenvalue weighted by Gasteiger charge is 2.12. The lowest BCUT2D eigenvalue weighted by Crippen LogP contribution is -2.20. The molecule has 0 atom stereocenters. The van der Waals surface area contributed by atoms with Crippen molar-refractivity contribution >= 4 is 5.52 Å². The van der Waals surface area contributed by atoms with E-state index in [1.54, 1.807) is 16.1 Å². The van der Waals surface area contributed by atoms with Gasteiger partial charge in [0.2, 0.25) is 0 Å². The molecule has 2 aromatic heterocycles. The van der Waals surface area contributed by atoms with Crippen LogP contribution in [0.2, 0.25) is 0 Å². The van der Waals surface area contributed by atoms with E-state index in [1.807, 2.05) is 72.9 Å². The summed E-state index contributed by atoms with van der Waals surface area (Å²) in [5, 5.41) is 4.57. The highest BCUT2D eigenvalue weighted by Crippen LogP contribution is 2.21. The van der Waals surface area contributed by atoms with Gasteiger partial charge in [0.05, 0.1) is 17.6 Å². The van der Waals surface area contributed by atoms with Gasteiger partial charge in [-0.2, -0.15) is 5.10 Å². The predicted octanol–water partition coefficient (Wildman–Crippen LogP) is 3.37. The molecule has 0 N–H and O–H groups in total. The molecule has 23 heavy (non-hydrogen) atoms. The van der Waals surface area contributed by atoms with E-state index < -0.39 is 0 Å². The molecule has 4 aromatic rings. The van der Waals surface area contributed by atoms with Gasteiger partial charge in [-0.3, -0.25) is 4.79 Å². The quantitative estimate of drug-likeness (QED) is 0.569. The van der Waals surface area contributed by atoms with Crippen molar-refractivity contribution in [1.82, 2.24) is 14.2 Å². The van der Waals surface area contributed by atoms with Crippen molar-refractivity contribution in [3.63, 3.8) is 0 Å². The molecule has 0 saturated carbocycles. The van der Waals surface area contributed by atoms with Crippen LogP contribution in [0, 0.1) is 0 Å². The Morgan fingerprint density at radius 2 is 1.48 bits per heavy atom. The van der Waals surface area contributed by atoms with Crippen molar-refractivity contribution in [1.29, 1.82) is 0 Å². The largest absolute Gasteiger partial charge is 0.308 e. The van der Waals surface area contributed by atoms with Crippen LogP contribution in [0.3, 0.4) is 0 Å². The monoisotopic (exact) mass is 301 g/mol. The molecule has 0 saturated heterocycles. The van der Waals surface area contributed by atoms with Crippen LogP contribution in [0.4, 0.5) is 0 Å². The second-order valence-corrected chi connectivity index (χ2v) is 5.47. The van der Waals surface area contributed by atoms with Gasteiger partial charge in [0.25, 0.3) is 5.56 Å². The number of rotatable bonds is 2. The molecular formula is C19H15N3O. The van der Waals surface area contributed by atoms with Crippen molar-refractivity contribution in [3.05, 3.63) is 83.3 Å². The van der Waals surface area contributed by atoms with E-state index in [9.17, 15) is 4.79 Å². The maximum absolute atomic E-state index is 12.7. The molecule has 0 amide bonds. The Labute approximate surface area is 133 Å². The zero-order valence-electron chi connectivity index (χ0n) is 12.7. The summed E-state index contributed by atoms with van der Waals surface area (Å²) in [6.45, 7) is 0. The average Bonchev–Trinajstić information content (AvgIpc) is 3.04. The minimum atomic E-state index is -0.0546. The lowest BCUT2D eigenvalue weighted by atomic mass is 10.1. The predicted molar refractivity (Wildman–Crippen MR) is 91.3 cm³/mol. The molecule has 2 heterocycles. The van der Waals surface area contributed by atoms with Gasteiger partial charge in [-0.1, -0.05) is 60.7 Å². The summed E-state index contributed by atoms with van der Waals surface area (Å²) in [5.41, 5.74) is 4.15. The maximum Gasteiger partial charge on any atom is 0.276 e. The molecule has 112 valence electrons. The standard InChI is InChI=1S/C19H15N3O/c1-21-18(15-10-6-3-7-11-15)13-22-17(19(21)23)12-16(20-22)14-8-4-2-5-9-14/h2-13H,1H3. The first-order valence-corrected chi connectivity index (χ1v) is 7.44. The summed E-state index contributed by atoms with van der Waals surface area (Å²) in [5.74, 6) is 0. The third-order valence-electron chi connectivity index (χ3n) is 4.00. The second-order valence-electron chi connectivity index (χ2n) is 5.47. The minimum absolute atomic E-state index is 0.0546. The highest BCUT2D eigenvalue weighted by molar-refractivity contribution is 5.67. The van der Waals surface area contributed by atoms with Gasteiger partial charge in [-0.15, -0.1) is 0 Å². The molecule has 0 spiro atoms. The van der Waals surface area contributed by atoms with Crippen LogP contribution in [-0.2, 0) is 7.05 Å². The van der Waals surface area contributed by atoms with E-state index in [-0.39, 0.29) is 5.56 Å². The number of fused-ring (bicyclic) bond motifs is 1. The summed E-state index contributed by atoms with van der Waals surface area (Å²) < 4.78 is 3.34. The van der Waals surface area contributed by atoms with E-state index in [0.29, 0.717) is 5.52 Å². The Morgan fingerprint density at radius 1 is 0.870 bits per heavy atom. The van der Waals surface area contributed by atoms with Crippen LogP contribution in [0.5, 0.6) is 0 Å². The fourth-order valence-corrected chi connectivity index (χ4v) is 2.76. The Hall–Kier alpha value is -3.14. The fraction of sp³-hybridized carbons (Fsp3) is 0.0526. The van der Waals surface area contributed by atoms with Crippen molar-refractivity contribution in [2.24, 2.45) is 7.05 Å². The molecule has 0 bridgehead atoms. The average molecular weight is 301 g/mol. The molecule has 4 heteroatoms. The van der Waals surface area contributed by atoms with Gasteiger partial charge in [0.15, 0.2) is 0 Å². The van der Waals surface area contributed by atoms with Crippen molar-refractivity contribution < 1.29 is 0 Å². The molecule has 4 rings (SSSR count). The highest BCUT2D eigenvalue weighted by atomic mass is 16.1. The lowest BCUT2D eigenvalue weighted by molar-refractivity contribution is 0.831. The van der Waals surface area contributed by atoms with Gasteiger partial charge in [-0.25, -0.2) is 4.52 Å². The van der Waals surface area contributed by atoms with Gasteiger partial charge >= 0.3 is 0 Å². The number of hydrogen-bond donors (Lipinski definition) is 0.